The maximum Gasteiger partial charge on any atom is 0.224 e. The average Bonchev–Trinajstić information content (AvgIpc) is 2.71. The third-order valence-corrected chi connectivity index (χ3v) is 4.29. The van der Waals surface area contributed by atoms with E-state index < -0.39 is 0 Å². The second-order valence-electron chi connectivity index (χ2n) is 5.82. The molecule has 4 heteroatoms. The van der Waals surface area contributed by atoms with E-state index in [1.54, 1.807) is 0 Å². The lowest BCUT2D eigenvalue weighted by atomic mass is 9.98. The zero-order chi connectivity index (χ0) is 13.8. The number of aromatic nitrogens is 2. The van der Waals surface area contributed by atoms with Gasteiger partial charge in [0.2, 0.25) is 5.95 Å². The molecule has 2 N–H and O–H groups in total. The van der Waals surface area contributed by atoms with Crippen molar-refractivity contribution in [2.75, 3.05) is 17.2 Å². The first kappa shape index (κ1) is 14.1. The van der Waals surface area contributed by atoms with Crippen LogP contribution in [-0.4, -0.2) is 22.6 Å². The number of nitrogens with zero attached hydrogens (tertiary/aromatic N) is 2. The molecule has 1 saturated carbocycles. The van der Waals surface area contributed by atoms with Gasteiger partial charge in [-0.3, -0.25) is 0 Å². The van der Waals surface area contributed by atoms with E-state index in [0.29, 0.717) is 12.0 Å². The van der Waals surface area contributed by atoms with E-state index in [2.05, 4.69) is 48.3 Å². The van der Waals surface area contributed by atoms with Gasteiger partial charge in [0.25, 0.3) is 0 Å². The molecule has 1 aromatic rings. The van der Waals surface area contributed by atoms with Gasteiger partial charge >= 0.3 is 0 Å². The molecule has 0 bridgehead atoms. The molecule has 1 heterocycles. The molecule has 3 unspecified atom stereocenters. The minimum Gasteiger partial charge on any atom is -0.367 e. The maximum absolute atomic E-state index is 4.60. The molecule has 106 valence electrons. The Labute approximate surface area is 116 Å². The molecule has 1 aliphatic carbocycles. The monoisotopic (exact) mass is 262 g/mol. The van der Waals surface area contributed by atoms with Crippen molar-refractivity contribution in [3.63, 3.8) is 0 Å². The largest absolute Gasteiger partial charge is 0.367 e. The van der Waals surface area contributed by atoms with Gasteiger partial charge in [0.05, 0.1) is 0 Å². The lowest BCUT2D eigenvalue weighted by molar-refractivity contribution is 0.435. The number of hydrogen-bond donors (Lipinski definition) is 2. The van der Waals surface area contributed by atoms with Gasteiger partial charge in [-0.05, 0) is 38.0 Å². The second-order valence-corrected chi connectivity index (χ2v) is 5.82. The van der Waals surface area contributed by atoms with Gasteiger partial charge in [-0.15, -0.1) is 0 Å². The van der Waals surface area contributed by atoms with Crippen molar-refractivity contribution in [1.29, 1.82) is 0 Å². The molecule has 1 aromatic heterocycles. The Morgan fingerprint density at radius 3 is 2.74 bits per heavy atom. The normalized spacial score (nSPS) is 26.4. The van der Waals surface area contributed by atoms with Crippen LogP contribution in [0.5, 0.6) is 0 Å². The lowest BCUT2D eigenvalue weighted by Gasteiger charge is -2.21. The van der Waals surface area contributed by atoms with Gasteiger partial charge in [0.15, 0.2) is 0 Å². The maximum atomic E-state index is 4.60. The summed E-state index contributed by atoms with van der Waals surface area (Å²) in [5.74, 6) is 3.23. The predicted molar refractivity (Wildman–Crippen MR) is 80.5 cm³/mol. The summed E-state index contributed by atoms with van der Waals surface area (Å²) in [4.78, 5) is 8.92. The number of nitrogens with one attached hydrogen (secondary N) is 2. The highest BCUT2D eigenvalue weighted by atomic mass is 15.1. The summed E-state index contributed by atoms with van der Waals surface area (Å²) in [7, 11) is 0. The van der Waals surface area contributed by atoms with E-state index in [0.717, 1.165) is 36.2 Å². The summed E-state index contributed by atoms with van der Waals surface area (Å²) in [6.07, 6.45) is 5.53. The van der Waals surface area contributed by atoms with Crippen molar-refractivity contribution in [2.45, 2.75) is 53.0 Å². The molecule has 1 aliphatic rings. The van der Waals surface area contributed by atoms with Crippen LogP contribution in [0.1, 0.15) is 45.6 Å². The van der Waals surface area contributed by atoms with Crippen molar-refractivity contribution < 1.29 is 0 Å². The number of aryl methyl sites for hydroxylation is 1. The summed E-state index contributed by atoms with van der Waals surface area (Å²) in [5.41, 5.74) is 1.12. The fourth-order valence-corrected chi connectivity index (χ4v) is 2.65. The third kappa shape index (κ3) is 3.37. The van der Waals surface area contributed by atoms with Crippen molar-refractivity contribution in [3.8, 4) is 0 Å². The van der Waals surface area contributed by atoms with Gasteiger partial charge in [0.1, 0.15) is 5.82 Å². The van der Waals surface area contributed by atoms with Gasteiger partial charge < -0.3 is 10.6 Å². The first-order valence-electron chi connectivity index (χ1n) is 7.45. The van der Waals surface area contributed by atoms with Crippen LogP contribution in [0.15, 0.2) is 6.20 Å². The molecule has 0 aromatic carbocycles. The SMILES string of the molecule is CCCNc1ncc(C)c(NC2CCC(C)C2C)n1. The van der Waals surface area contributed by atoms with Crippen LogP contribution in [0.25, 0.3) is 0 Å². The van der Waals surface area contributed by atoms with Crippen molar-refractivity contribution in [2.24, 2.45) is 11.8 Å². The average molecular weight is 262 g/mol. The second kappa shape index (κ2) is 6.22. The van der Waals surface area contributed by atoms with E-state index in [-0.39, 0.29) is 0 Å². The molecule has 0 radical (unpaired) electrons. The molecule has 0 saturated heterocycles. The number of rotatable bonds is 5. The zero-order valence-electron chi connectivity index (χ0n) is 12.5. The van der Waals surface area contributed by atoms with Gasteiger partial charge in [-0.25, -0.2) is 4.98 Å². The molecule has 2 rings (SSSR count). The summed E-state index contributed by atoms with van der Waals surface area (Å²) in [6.45, 7) is 9.80. The summed E-state index contributed by atoms with van der Waals surface area (Å²) >= 11 is 0. The summed E-state index contributed by atoms with van der Waals surface area (Å²) in [6, 6.07) is 0.544. The van der Waals surface area contributed by atoms with Crippen LogP contribution < -0.4 is 10.6 Å². The van der Waals surface area contributed by atoms with Gasteiger partial charge in [0, 0.05) is 24.3 Å². The van der Waals surface area contributed by atoms with Crippen LogP contribution in [-0.2, 0) is 0 Å². The Balaban J connectivity index is 2.06. The highest BCUT2D eigenvalue weighted by molar-refractivity contribution is 5.47. The van der Waals surface area contributed by atoms with Crippen LogP contribution >= 0.6 is 0 Å². The minimum absolute atomic E-state index is 0.544. The van der Waals surface area contributed by atoms with Crippen molar-refractivity contribution in [1.82, 2.24) is 9.97 Å². The quantitative estimate of drug-likeness (QED) is 0.853. The summed E-state index contributed by atoms with van der Waals surface area (Å²) < 4.78 is 0. The lowest BCUT2D eigenvalue weighted by Crippen LogP contribution is -2.25. The van der Waals surface area contributed by atoms with Gasteiger partial charge in [-0.2, -0.15) is 4.98 Å². The molecule has 0 amide bonds. The van der Waals surface area contributed by atoms with Crippen LogP contribution in [0.2, 0.25) is 0 Å². The number of hydrogen-bond acceptors (Lipinski definition) is 4. The Bertz CT molecular complexity index is 419. The minimum atomic E-state index is 0.544. The van der Waals surface area contributed by atoms with Crippen LogP contribution in [0.3, 0.4) is 0 Å². The fraction of sp³-hybridized carbons (Fsp3) is 0.733. The zero-order valence-corrected chi connectivity index (χ0v) is 12.5. The van der Waals surface area contributed by atoms with Gasteiger partial charge in [-0.1, -0.05) is 20.8 Å². The molecule has 0 spiro atoms. The van der Waals surface area contributed by atoms with Crippen LogP contribution in [0, 0.1) is 18.8 Å². The Morgan fingerprint density at radius 2 is 2.11 bits per heavy atom. The van der Waals surface area contributed by atoms with E-state index >= 15 is 0 Å². The third-order valence-electron chi connectivity index (χ3n) is 4.29. The van der Waals surface area contributed by atoms with E-state index in [4.69, 9.17) is 0 Å². The first-order valence-corrected chi connectivity index (χ1v) is 7.45. The molecular formula is C15H26N4. The molecule has 0 aliphatic heterocycles. The standard InChI is InChI=1S/C15H26N4/c1-5-8-16-15-17-9-11(3)14(19-15)18-13-7-6-10(2)12(13)4/h9-10,12-13H,5-8H2,1-4H3,(H2,16,17,18,19). The Morgan fingerprint density at radius 1 is 1.32 bits per heavy atom. The molecule has 1 fully saturated rings. The molecule has 3 atom stereocenters. The topological polar surface area (TPSA) is 49.8 Å². The van der Waals surface area contributed by atoms with Crippen LogP contribution in [0.4, 0.5) is 11.8 Å². The summed E-state index contributed by atoms with van der Waals surface area (Å²) in [5, 5.41) is 6.86. The van der Waals surface area contributed by atoms with E-state index in [1.165, 1.54) is 12.8 Å². The first-order chi connectivity index (χ1) is 9.11. The van der Waals surface area contributed by atoms with E-state index in [1.807, 2.05) is 6.20 Å². The van der Waals surface area contributed by atoms with Crippen molar-refractivity contribution in [3.05, 3.63) is 11.8 Å². The Hall–Kier alpha value is -1.32. The fourth-order valence-electron chi connectivity index (χ4n) is 2.65. The molecular weight excluding hydrogens is 236 g/mol. The number of anilines is 2. The van der Waals surface area contributed by atoms with Crippen molar-refractivity contribution >= 4 is 11.8 Å². The smallest absolute Gasteiger partial charge is 0.224 e. The predicted octanol–water partition coefficient (Wildman–Crippen LogP) is 3.45. The highest BCUT2D eigenvalue weighted by Gasteiger charge is 2.30. The highest BCUT2D eigenvalue weighted by Crippen LogP contribution is 2.33. The van der Waals surface area contributed by atoms with E-state index in [9.17, 15) is 0 Å². The molecule has 19 heavy (non-hydrogen) atoms. The molecule has 4 nitrogen and oxygen atoms in total. The Kier molecular flexibility index (Phi) is 4.61.